The van der Waals surface area contributed by atoms with Crippen molar-refractivity contribution in [1.29, 1.82) is 0 Å². The van der Waals surface area contributed by atoms with Gasteiger partial charge in [0.15, 0.2) is 5.96 Å². The quantitative estimate of drug-likeness (QED) is 0.206. The van der Waals surface area contributed by atoms with Gasteiger partial charge >= 0.3 is 0 Å². The Hall–Kier alpha value is -3.29. The van der Waals surface area contributed by atoms with Crippen LogP contribution in [-0.4, -0.2) is 34.9 Å². The highest BCUT2D eigenvalue weighted by atomic mass is 16.2. The first-order chi connectivity index (χ1) is 13.8. The number of aromatic nitrogens is 1. The molecule has 29 heavy (non-hydrogen) atoms. The molecule has 8 nitrogen and oxygen atoms in total. The van der Waals surface area contributed by atoms with E-state index in [2.05, 4.69) is 34.8 Å². The molecule has 0 aliphatic rings. The summed E-state index contributed by atoms with van der Waals surface area (Å²) in [6, 6.07) is 7.20. The lowest BCUT2D eigenvalue weighted by atomic mass is 10.1. The summed E-state index contributed by atoms with van der Waals surface area (Å²) in [5.74, 6) is -0.830. The summed E-state index contributed by atoms with van der Waals surface area (Å²) in [5, 5.41) is 3.75. The van der Waals surface area contributed by atoms with Crippen LogP contribution in [0.4, 0.5) is 0 Å². The summed E-state index contributed by atoms with van der Waals surface area (Å²) in [7, 11) is 0. The molecule has 2 aromatic rings. The van der Waals surface area contributed by atoms with E-state index >= 15 is 0 Å². The number of allylic oxidation sites excluding steroid dienone is 2. The van der Waals surface area contributed by atoms with Gasteiger partial charge in [0.2, 0.25) is 11.8 Å². The van der Waals surface area contributed by atoms with E-state index in [-0.39, 0.29) is 18.3 Å². The van der Waals surface area contributed by atoms with Gasteiger partial charge in [-0.25, -0.2) is 0 Å². The van der Waals surface area contributed by atoms with Crippen molar-refractivity contribution in [3.8, 4) is 0 Å². The molecule has 2 rings (SSSR count). The minimum atomic E-state index is -0.754. The number of primary amides is 1. The van der Waals surface area contributed by atoms with Crippen LogP contribution in [0.1, 0.15) is 32.3 Å². The van der Waals surface area contributed by atoms with E-state index in [9.17, 15) is 9.59 Å². The molecule has 0 aliphatic carbocycles. The van der Waals surface area contributed by atoms with Crippen molar-refractivity contribution >= 4 is 28.7 Å². The summed E-state index contributed by atoms with van der Waals surface area (Å²) in [4.78, 5) is 28.1. The number of nitrogens with one attached hydrogen (secondary N) is 1. The number of benzene rings is 1. The van der Waals surface area contributed by atoms with E-state index in [0.717, 1.165) is 23.0 Å². The molecule has 8 heteroatoms. The van der Waals surface area contributed by atoms with Crippen molar-refractivity contribution in [1.82, 2.24) is 9.88 Å². The van der Waals surface area contributed by atoms with Gasteiger partial charge in [-0.2, -0.15) is 0 Å². The first-order valence-corrected chi connectivity index (χ1v) is 9.62. The average Bonchev–Trinajstić information content (AvgIpc) is 3.00. The van der Waals surface area contributed by atoms with Crippen LogP contribution in [0.5, 0.6) is 0 Å². The predicted octanol–water partition coefficient (Wildman–Crippen LogP) is 1.17. The molecule has 0 saturated carbocycles. The normalized spacial score (nSPS) is 11.7. The number of nitrogens with two attached hydrogens (primary N) is 3. The Morgan fingerprint density at radius 3 is 2.59 bits per heavy atom. The van der Waals surface area contributed by atoms with E-state index in [0.29, 0.717) is 19.4 Å². The molecule has 1 heterocycles. The molecule has 0 unspecified atom stereocenters. The summed E-state index contributed by atoms with van der Waals surface area (Å²) in [5.41, 5.74) is 19.2. The van der Waals surface area contributed by atoms with Crippen LogP contribution in [0.25, 0.3) is 10.9 Å². The van der Waals surface area contributed by atoms with Gasteiger partial charge in [0.25, 0.3) is 0 Å². The number of fused-ring (bicyclic) bond motifs is 1. The number of amides is 2. The molecule has 0 bridgehead atoms. The van der Waals surface area contributed by atoms with Gasteiger partial charge in [-0.15, -0.1) is 0 Å². The largest absolute Gasteiger partial charge is 0.370 e. The molecular formula is C21H30N6O2. The highest BCUT2D eigenvalue weighted by Crippen LogP contribution is 2.22. The Labute approximate surface area is 170 Å². The molecule has 0 radical (unpaired) electrons. The number of carbonyl (C=O) groups excluding carboxylic acids is 2. The van der Waals surface area contributed by atoms with Gasteiger partial charge < -0.3 is 27.1 Å². The minimum absolute atomic E-state index is 0.00541. The monoisotopic (exact) mass is 398 g/mol. The van der Waals surface area contributed by atoms with Crippen LogP contribution >= 0.6 is 0 Å². The zero-order valence-corrected chi connectivity index (χ0v) is 17.0. The smallest absolute Gasteiger partial charge is 0.240 e. The number of aliphatic imine (C=N–C) groups is 1. The molecular weight excluding hydrogens is 368 g/mol. The molecule has 0 aliphatic heterocycles. The average molecular weight is 399 g/mol. The van der Waals surface area contributed by atoms with Gasteiger partial charge in [0.05, 0.1) is 6.42 Å². The summed E-state index contributed by atoms with van der Waals surface area (Å²) < 4.78 is 2.12. The van der Waals surface area contributed by atoms with Crippen molar-refractivity contribution < 1.29 is 9.59 Å². The van der Waals surface area contributed by atoms with E-state index in [4.69, 9.17) is 17.2 Å². The molecule has 1 aromatic heterocycles. The Balaban J connectivity index is 2.08. The maximum absolute atomic E-state index is 12.6. The van der Waals surface area contributed by atoms with Gasteiger partial charge in [0.1, 0.15) is 6.04 Å². The zero-order valence-electron chi connectivity index (χ0n) is 17.0. The SMILES string of the molecule is CC(C)=CCn1cc(CC(=O)N[C@@H](CCCN=C(N)N)C(N)=O)c2ccccc21. The van der Waals surface area contributed by atoms with E-state index in [1.807, 2.05) is 30.5 Å². The van der Waals surface area contributed by atoms with Crippen molar-refractivity contribution in [3.63, 3.8) is 0 Å². The van der Waals surface area contributed by atoms with Crippen LogP contribution in [0.2, 0.25) is 0 Å². The number of para-hydroxylation sites is 1. The second-order valence-electron chi connectivity index (χ2n) is 7.25. The van der Waals surface area contributed by atoms with Crippen molar-refractivity contribution in [2.75, 3.05) is 6.54 Å². The predicted molar refractivity (Wildman–Crippen MR) is 116 cm³/mol. The lowest BCUT2D eigenvalue weighted by Gasteiger charge is -2.15. The van der Waals surface area contributed by atoms with E-state index in [1.165, 1.54) is 5.57 Å². The molecule has 7 N–H and O–H groups in total. The maximum atomic E-state index is 12.6. The summed E-state index contributed by atoms with van der Waals surface area (Å²) >= 11 is 0. The topological polar surface area (TPSA) is 142 Å². The maximum Gasteiger partial charge on any atom is 0.240 e. The number of rotatable bonds is 10. The van der Waals surface area contributed by atoms with Crippen LogP contribution < -0.4 is 22.5 Å². The number of hydrogen-bond acceptors (Lipinski definition) is 3. The van der Waals surface area contributed by atoms with Crippen LogP contribution in [0.3, 0.4) is 0 Å². The summed E-state index contributed by atoms with van der Waals surface area (Å²) in [6.45, 7) is 5.22. The van der Waals surface area contributed by atoms with Crippen LogP contribution in [-0.2, 0) is 22.6 Å². The van der Waals surface area contributed by atoms with Crippen molar-refractivity contribution in [2.45, 2.75) is 45.7 Å². The molecule has 0 spiro atoms. The Kier molecular flexibility index (Phi) is 7.82. The fourth-order valence-corrected chi connectivity index (χ4v) is 3.10. The van der Waals surface area contributed by atoms with Gasteiger partial charge in [-0.1, -0.05) is 29.8 Å². The van der Waals surface area contributed by atoms with Crippen LogP contribution in [0, 0.1) is 0 Å². The third-order valence-electron chi connectivity index (χ3n) is 4.54. The Morgan fingerprint density at radius 1 is 1.21 bits per heavy atom. The fourth-order valence-electron chi connectivity index (χ4n) is 3.10. The van der Waals surface area contributed by atoms with Gasteiger partial charge in [-0.3, -0.25) is 14.6 Å². The van der Waals surface area contributed by atoms with Gasteiger partial charge in [-0.05, 0) is 38.3 Å². The van der Waals surface area contributed by atoms with Crippen molar-refractivity contribution in [3.05, 3.63) is 47.7 Å². The van der Waals surface area contributed by atoms with Gasteiger partial charge in [0, 0.05) is 30.2 Å². The van der Waals surface area contributed by atoms with Crippen molar-refractivity contribution in [2.24, 2.45) is 22.2 Å². The first kappa shape index (κ1) is 22.0. The summed E-state index contributed by atoms with van der Waals surface area (Å²) in [6.07, 6.45) is 5.20. The highest BCUT2D eigenvalue weighted by molar-refractivity contribution is 5.91. The number of hydrogen-bond donors (Lipinski definition) is 4. The second-order valence-corrected chi connectivity index (χ2v) is 7.25. The lowest BCUT2D eigenvalue weighted by molar-refractivity contribution is -0.127. The molecule has 156 valence electrons. The van der Waals surface area contributed by atoms with E-state index in [1.54, 1.807) is 0 Å². The molecule has 0 fully saturated rings. The number of carbonyl (C=O) groups is 2. The van der Waals surface area contributed by atoms with E-state index < -0.39 is 11.9 Å². The molecule has 2 amide bonds. The Morgan fingerprint density at radius 2 is 1.93 bits per heavy atom. The van der Waals surface area contributed by atoms with Crippen LogP contribution in [0.15, 0.2) is 47.1 Å². The molecule has 0 saturated heterocycles. The Bertz CT molecular complexity index is 920. The molecule has 1 aromatic carbocycles. The highest BCUT2D eigenvalue weighted by Gasteiger charge is 2.19. The minimum Gasteiger partial charge on any atom is -0.370 e. The third-order valence-corrected chi connectivity index (χ3v) is 4.54. The third kappa shape index (κ3) is 6.67. The standard InChI is InChI=1S/C21H30N6O2/c1-14(2)9-11-27-13-15(16-6-3-4-8-18(16)27)12-19(28)26-17(20(22)29)7-5-10-25-21(23)24/h3-4,6,8-9,13,17H,5,7,10-12H2,1-2H3,(H2,22,29)(H,26,28)(H4,23,24,25)/t17-/m0/s1. The molecule has 1 atom stereocenters. The number of nitrogens with zero attached hydrogens (tertiary/aromatic N) is 2. The number of guanidine groups is 1. The first-order valence-electron chi connectivity index (χ1n) is 9.62. The fraction of sp³-hybridized carbons (Fsp3) is 0.381. The lowest BCUT2D eigenvalue weighted by Crippen LogP contribution is -2.45. The second kappa shape index (κ2) is 10.3. The zero-order chi connectivity index (χ0) is 21.4.